The number of thiazole rings is 1. The standard InChI is InChI=1S/C21H27N5O2S/c27-20(17-3-1-2-15-4-5-22-12-18(15)17)26-13-16(14-26)24-7-9-25(10-8-24)21(28)19-23-6-11-29-19/h3,6,11,16,22H,1-2,4-5,7-10,12-14H2. The van der Waals surface area contributed by atoms with Crippen molar-refractivity contribution in [2.75, 3.05) is 52.4 Å². The zero-order chi connectivity index (χ0) is 19.8. The smallest absolute Gasteiger partial charge is 0.282 e. The normalized spacial score (nSPS) is 23.5. The van der Waals surface area contributed by atoms with Crippen LogP contribution in [0.5, 0.6) is 0 Å². The third-order valence-corrected chi connectivity index (χ3v) is 7.33. The number of aromatic nitrogens is 1. The zero-order valence-electron chi connectivity index (χ0n) is 16.6. The first-order valence-electron chi connectivity index (χ1n) is 10.5. The summed E-state index contributed by atoms with van der Waals surface area (Å²) in [6.45, 7) is 6.66. The molecular weight excluding hydrogens is 386 g/mol. The van der Waals surface area contributed by atoms with Crippen molar-refractivity contribution >= 4 is 23.2 Å². The second kappa shape index (κ2) is 8.01. The Morgan fingerprint density at radius 1 is 1.07 bits per heavy atom. The Balaban J connectivity index is 1.13. The number of hydrogen-bond acceptors (Lipinski definition) is 6. The summed E-state index contributed by atoms with van der Waals surface area (Å²) in [5.74, 6) is 0.245. The van der Waals surface area contributed by atoms with Gasteiger partial charge in [-0.05, 0) is 31.4 Å². The van der Waals surface area contributed by atoms with Crippen LogP contribution in [0.2, 0.25) is 0 Å². The minimum atomic E-state index is 0.0412. The zero-order valence-corrected chi connectivity index (χ0v) is 17.4. The van der Waals surface area contributed by atoms with Gasteiger partial charge in [-0.15, -0.1) is 11.3 Å². The van der Waals surface area contributed by atoms with Gasteiger partial charge in [0, 0.05) is 69.0 Å². The van der Waals surface area contributed by atoms with Crippen molar-refractivity contribution in [3.63, 3.8) is 0 Å². The van der Waals surface area contributed by atoms with Crippen LogP contribution < -0.4 is 5.32 Å². The van der Waals surface area contributed by atoms with Crippen molar-refractivity contribution in [1.29, 1.82) is 0 Å². The minimum Gasteiger partial charge on any atom is -0.335 e. The number of carbonyl (C=O) groups excluding carboxylic acids is 2. The largest absolute Gasteiger partial charge is 0.335 e. The van der Waals surface area contributed by atoms with Crippen molar-refractivity contribution in [3.05, 3.63) is 39.4 Å². The molecule has 1 aliphatic carbocycles. The van der Waals surface area contributed by atoms with Gasteiger partial charge in [-0.3, -0.25) is 14.5 Å². The van der Waals surface area contributed by atoms with Crippen molar-refractivity contribution in [2.45, 2.75) is 25.3 Å². The number of hydrogen-bond donors (Lipinski definition) is 1. The van der Waals surface area contributed by atoms with Crippen LogP contribution in [0, 0.1) is 0 Å². The Morgan fingerprint density at radius 3 is 2.66 bits per heavy atom. The van der Waals surface area contributed by atoms with E-state index in [9.17, 15) is 9.59 Å². The fraction of sp³-hybridized carbons (Fsp3) is 0.571. The molecule has 0 atom stereocenters. The Morgan fingerprint density at radius 2 is 1.90 bits per heavy atom. The van der Waals surface area contributed by atoms with E-state index in [4.69, 9.17) is 0 Å². The first-order chi connectivity index (χ1) is 14.2. The second-order valence-electron chi connectivity index (χ2n) is 8.19. The average Bonchev–Trinajstić information content (AvgIpc) is 3.27. The molecule has 0 saturated carbocycles. The van der Waals surface area contributed by atoms with Crippen LogP contribution >= 0.6 is 11.3 Å². The third kappa shape index (κ3) is 3.65. The summed E-state index contributed by atoms with van der Waals surface area (Å²) in [5, 5.41) is 5.83. The molecule has 0 aromatic carbocycles. The molecular formula is C21H27N5O2S. The maximum atomic E-state index is 13.1. The number of piperazine rings is 1. The lowest BCUT2D eigenvalue weighted by Crippen LogP contribution is -2.64. The van der Waals surface area contributed by atoms with Gasteiger partial charge >= 0.3 is 0 Å². The molecule has 0 unspecified atom stereocenters. The minimum absolute atomic E-state index is 0.0412. The molecule has 2 saturated heterocycles. The summed E-state index contributed by atoms with van der Waals surface area (Å²) in [6.07, 6.45) is 7.00. The monoisotopic (exact) mass is 413 g/mol. The Bertz CT molecular complexity index is 848. The Kier molecular flexibility index (Phi) is 5.24. The summed E-state index contributed by atoms with van der Waals surface area (Å²) in [6, 6.07) is 0.415. The molecule has 2 fully saturated rings. The van der Waals surface area contributed by atoms with Crippen molar-refractivity contribution in [2.24, 2.45) is 0 Å². The van der Waals surface area contributed by atoms with Crippen molar-refractivity contribution in [3.8, 4) is 0 Å². The van der Waals surface area contributed by atoms with Gasteiger partial charge in [-0.1, -0.05) is 11.6 Å². The van der Waals surface area contributed by atoms with Crippen LogP contribution in [-0.4, -0.2) is 89.9 Å². The van der Waals surface area contributed by atoms with E-state index in [-0.39, 0.29) is 11.8 Å². The highest BCUT2D eigenvalue weighted by molar-refractivity contribution is 7.11. The number of amides is 2. The molecule has 8 heteroatoms. The second-order valence-corrected chi connectivity index (χ2v) is 9.09. The molecule has 1 N–H and O–H groups in total. The number of carbonyl (C=O) groups is 2. The lowest BCUT2D eigenvalue weighted by Gasteiger charge is -2.48. The van der Waals surface area contributed by atoms with Crippen LogP contribution in [0.1, 0.15) is 29.1 Å². The van der Waals surface area contributed by atoms with Gasteiger partial charge in [-0.25, -0.2) is 4.98 Å². The Labute approximate surface area is 175 Å². The molecule has 4 aliphatic rings. The van der Waals surface area contributed by atoms with Gasteiger partial charge < -0.3 is 15.1 Å². The maximum absolute atomic E-state index is 13.1. The van der Waals surface area contributed by atoms with E-state index >= 15 is 0 Å². The van der Waals surface area contributed by atoms with E-state index in [1.807, 2.05) is 15.2 Å². The van der Waals surface area contributed by atoms with E-state index in [0.717, 1.165) is 77.2 Å². The quantitative estimate of drug-likeness (QED) is 0.804. The molecule has 0 radical (unpaired) electrons. The highest BCUT2D eigenvalue weighted by Gasteiger charge is 2.38. The maximum Gasteiger partial charge on any atom is 0.282 e. The van der Waals surface area contributed by atoms with Gasteiger partial charge in [0.15, 0.2) is 5.01 Å². The highest BCUT2D eigenvalue weighted by atomic mass is 32.1. The van der Waals surface area contributed by atoms with E-state index in [2.05, 4.69) is 21.3 Å². The lowest BCUT2D eigenvalue weighted by atomic mass is 9.86. The molecule has 2 amide bonds. The van der Waals surface area contributed by atoms with Crippen LogP contribution in [0.25, 0.3) is 0 Å². The fourth-order valence-electron chi connectivity index (χ4n) is 4.80. The predicted octanol–water partition coefficient (Wildman–Crippen LogP) is 1.12. The highest BCUT2D eigenvalue weighted by Crippen LogP contribution is 2.31. The first-order valence-corrected chi connectivity index (χ1v) is 11.4. The third-order valence-electron chi connectivity index (χ3n) is 6.56. The number of nitrogens with zero attached hydrogens (tertiary/aromatic N) is 4. The van der Waals surface area contributed by atoms with Gasteiger partial charge in [0.1, 0.15) is 0 Å². The predicted molar refractivity (Wildman–Crippen MR) is 112 cm³/mol. The van der Waals surface area contributed by atoms with Crippen LogP contribution in [0.3, 0.4) is 0 Å². The van der Waals surface area contributed by atoms with E-state index in [1.54, 1.807) is 6.20 Å². The topological polar surface area (TPSA) is 68.8 Å². The summed E-state index contributed by atoms with van der Waals surface area (Å²) >= 11 is 1.40. The molecule has 1 aromatic heterocycles. The van der Waals surface area contributed by atoms with E-state index in [1.165, 1.54) is 22.5 Å². The fourth-order valence-corrected chi connectivity index (χ4v) is 5.40. The molecule has 7 nitrogen and oxygen atoms in total. The van der Waals surface area contributed by atoms with Crippen molar-refractivity contribution < 1.29 is 9.59 Å². The van der Waals surface area contributed by atoms with Crippen LogP contribution in [0.15, 0.2) is 34.4 Å². The number of nitrogens with one attached hydrogen (secondary N) is 1. The van der Waals surface area contributed by atoms with Crippen molar-refractivity contribution in [1.82, 2.24) is 25.0 Å². The number of allylic oxidation sites excluding steroid dienone is 1. The van der Waals surface area contributed by atoms with Crippen LogP contribution in [-0.2, 0) is 4.79 Å². The number of likely N-dealkylation sites (tertiary alicyclic amines) is 1. The average molecular weight is 414 g/mol. The molecule has 0 spiro atoms. The molecule has 29 heavy (non-hydrogen) atoms. The lowest BCUT2D eigenvalue weighted by molar-refractivity contribution is -0.134. The number of rotatable bonds is 3. The van der Waals surface area contributed by atoms with E-state index in [0.29, 0.717) is 11.0 Å². The molecule has 3 aliphatic heterocycles. The first kappa shape index (κ1) is 19.0. The molecule has 154 valence electrons. The molecule has 5 rings (SSSR count). The Hall–Kier alpha value is -2.03. The summed E-state index contributed by atoms with van der Waals surface area (Å²) < 4.78 is 0. The van der Waals surface area contributed by atoms with Gasteiger partial charge in [-0.2, -0.15) is 0 Å². The van der Waals surface area contributed by atoms with Gasteiger partial charge in [0.05, 0.1) is 0 Å². The van der Waals surface area contributed by atoms with Gasteiger partial charge in [0.2, 0.25) is 0 Å². The molecule has 0 bridgehead atoms. The summed E-state index contributed by atoms with van der Waals surface area (Å²) in [4.78, 5) is 35.9. The summed E-state index contributed by atoms with van der Waals surface area (Å²) in [5.41, 5.74) is 3.67. The van der Waals surface area contributed by atoms with Crippen LogP contribution in [0.4, 0.5) is 0 Å². The summed E-state index contributed by atoms with van der Waals surface area (Å²) in [7, 11) is 0. The molecule has 4 heterocycles. The SMILES string of the molecule is O=C(C1=CCCC2=C1CNCC2)N1CC(N2CCN(C(=O)c3nccs3)CC2)C1. The van der Waals surface area contributed by atoms with E-state index < -0.39 is 0 Å². The molecule has 1 aromatic rings. The van der Waals surface area contributed by atoms with Gasteiger partial charge in [0.25, 0.3) is 11.8 Å².